The van der Waals surface area contributed by atoms with E-state index < -0.39 is 18.4 Å². The zero-order valence-electron chi connectivity index (χ0n) is 13.6. The first kappa shape index (κ1) is 17.6. The number of hydrogen-bond acceptors (Lipinski definition) is 5. The molecule has 0 saturated carbocycles. The smallest absolute Gasteiger partial charge is 0.450 e. The van der Waals surface area contributed by atoms with Crippen molar-refractivity contribution in [3.05, 3.63) is 29.6 Å². The van der Waals surface area contributed by atoms with E-state index in [0.29, 0.717) is 30.0 Å². The number of ketones is 1. The summed E-state index contributed by atoms with van der Waals surface area (Å²) in [5, 5.41) is 0. The summed E-state index contributed by atoms with van der Waals surface area (Å²) in [5.74, 6) is -1.18. The lowest BCUT2D eigenvalue weighted by Gasteiger charge is -2.23. The van der Waals surface area contributed by atoms with Crippen LogP contribution in [0.2, 0.25) is 0 Å². The van der Waals surface area contributed by atoms with Gasteiger partial charge in [-0.05, 0) is 30.4 Å². The second kappa shape index (κ2) is 6.95. The maximum Gasteiger partial charge on any atom is 0.450 e. The lowest BCUT2D eigenvalue weighted by Crippen LogP contribution is -2.25. The second-order valence-electron chi connectivity index (χ2n) is 5.90. The number of nitrogens with zero attached hydrogens (tertiary/aromatic N) is 2. The van der Waals surface area contributed by atoms with Crippen LogP contribution < -0.4 is 4.74 Å². The maximum absolute atomic E-state index is 12.5. The molecule has 2 heterocycles. The van der Waals surface area contributed by atoms with E-state index in [1.54, 1.807) is 6.07 Å². The number of carbonyl (C=O) groups excluding carboxylic acids is 1. The van der Waals surface area contributed by atoms with E-state index in [-0.39, 0.29) is 11.6 Å². The number of halogens is 3. The number of hydrogen-bond donors (Lipinski definition) is 0. The van der Waals surface area contributed by atoms with Crippen molar-refractivity contribution in [3.63, 3.8) is 0 Å². The third-order valence-electron chi connectivity index (χ3n) is 4.28. The summed E-state index contributed by atoms with van der Waals surface area (Å²) in [4.78, 5) is 19.7. The first-order valence-corrected chi connectivity index (χ1v) is 7.90. The van der Waals surface area contributed by atoms with Gasteiger partial charge < -0.3 is 9.47 Å². The zero-order valence-corrected chi connectivity index (χ0v) is 13.6. The van der Waals surface area contributed by atoms with Crippen LogP contribution >= 0.6 is 0 Å². The highest BCUT2D eigenvalue weighted by Gasteiger charge is 2.38. The van der Waals surface area contributed by atoms with Gasteiger partial charge in [-0.3, -0.25) is 9.78 Å². The van der Waals surface area contributed by atoms with Gasteiger partial charge in [0, 0.05) is 19.4 Å². The molecular weight excluding hydrogens is 337 g/mol. The van der Waals surface area contributed by atoms with Crippen LogP contribution in [0.1, 0.15) is 30.0 Å². The molecule has 1 fully saturated rings. The molecule has 3 rings (SSSR count). The van der Waals surface area contributed by atoms with Gasteiger partial charge in [-0.2, -0.15) is 13.2 Å². The fourth-order valence-electron chi connectivity index (χ4n) is 2.98. The molecule has 25 heavy (non-hydrogen) atoms. The summed E-state index contributed by atoms with van der Waals surface area (Å²) < 4.78 is 48.0. The molecule has 1 aliphatic rings. The highest BCUT2D eigenvalue weighted by atomic mass is 19.4. The first-order valence-electron chi connectivity index (χ1n) is 7.90. The molecule has 1 aliphatic heterocycles. The largest absolute Gasteiger partial charge is 0.494 e. The van der Waals surface area contributed by atoms with E-state index in [2.05, 4.69) is 9.97 Å². The van der Waals surface area contributed by atoms with Crippen LogP contribution in [0.4, 0.5) is 13.2 Å². The van der Waals surface area contributed by atoms with E-state index >= 15 is 0 Å². The summed E-state index contributed by atoms with van der Waals surface area (Å²) >= 11 is 0. The molecular formula is C17H17F3N2O3. The number of benzene rings is 1. The zero-order chi connectivity index (χ0) is 18.0. The predicted octanol–water partition coefficient (Wildman–Crippen LogP) is 3.21. The number of fused-ring (bicyclic) bond motifs is 1. The number of rotatable bonds is 4. The molecule has 0 N–H and O–H groups in total. The highest BCUT2D eigenvalue weighted by Crippen LogP contribution is 2.34. The van der Waals surface area contributed by atoms with E-state index in [1.807, 2.05) is 6.07 Å². The molecule has 1 aromatic heterocycles. The molecule has 0 atom stereocenters. The van der Waals surface area contributed by atoms with Gasteiger partial charge in [0.25, 0.3) is 0 Å². The summed E-state index contributed by atoms with van der Waals surface area (Å²) in [6.07, 6.45) is -2.80. The molecule has 0 bridgehead atoms. The minimum Gasteiger partial charge on any atom is -0.494 e. The molecule has 0 radical (unpaired) electrons. The van der Waals surface area contributed by atoms with Crippen LogP contribution in [0.25, 0.3) is 11.0 Å². The quantitative estimate of drug-likeness (QED) is 0.844. The summed E-state index contributed by atoms with van der Waals surface area (Å²) in [6, 6.07) is 3.64. The average Bonchev–Trinajstić information content (AvgIpc) is 2.60. The molecule has 0 unspecified atom stereocenters. The van der Waals surface area contributed by atoms with Gasteiger partial charge >= 0.3 is 6.18 Å². The Morgan fingerprint density at radius 2 is 2.00 bits per heavy atom. The third kappa shape index (κ3) is 3.73. The topological polar surface area (TPSA) is 61.3 Å². The third-order valence-corrected chi connectivity index (χ3v) is 4.28. The Morgan fingerprint density at radius 3 is 2.64 bits per heavy atom. The minimum absolute atomic E-state index is 0.0303. The molecule has 1 aromatic carbocycles. The number of carbonyl (C=O) groups is 1. The number of ether oxygens (including phenoxy) is 2. The molecule has 0 spiro atoms. The Labute approximate surface area is 142 Å². The Balaban J connectivity index is 2.01. The lowest BCUT2D eigenvalue weighted by atomic mass is 9.90. The van der Waals surface area contributed by atoms with E-state index in [0.717, 1.165) is 18.4 Å². The fourth-order valence-corrected chi connectivity index (χ4v) is 2.98. The van der Waals surface area contributed by atoms with Gasteiger partial charge in [0.15, 0.2) is 0 Å². The molecule has 134 valence electrons. The Hall–Kier alpha value is -2.22. The van der Waals surface area contributed by atoms with Gasteiger partial charge in [-0.15, -0.1) is 0 Å². The standard InChI is InChI=1S/C17H17F3N2O3/c1-24-13-3-2-12(10-4-6-25-7-5-10)15-16(13)22-11(9-21-15)8-14(23)17(18,19)20/h2-3,9-10H,4-8H2,1H3. The number of alkyl halides is 3. The predicted molar refractivity (Wildman–Crippen MR) is 83.7 cm³/mol. The van der Waals surface area contributed by atoms with Crippen molar-refractivity contribution in [1.82, 2.24) is 9.97 Å². The molecule has 5 nitrogen and oxygen atoms in total. The summed E-state index contributed by atoms with van der Waals surface area (Å²) in [6.45, 7) is 1.31. The fraction of sp³-hybridized carbons (Fsp3) is 0.471. The van der Waals surface area contributed by atoms with Gasteiger partial charge in [0.05, 0.1) is 24.7 Å². The van der Waals surface area contributed by atoms with Crippen molar-refractivity contribution in [1.29, 1.82) is 0 Å². The van der Waals surface area contributed by atoms with Gasteiger partial charge in [0.2, 0.25) is 5.78 Å². The van der Waals surface area contributed by atoms with Crippen molar-refractivity contribution in [2.75, 3.05) is 20.3 Å². The second-order valence-corrected chi connectivity index (χ2v) is 5.90. The Bertz CT molecular complexity index is 787. The van der Waals surface area contributed by atoms with Crippen molar-refractivity contribution >= 4 is 16.8 Å². The van der Waals surface area contributed by atoms with Crippen molar-refractivity contribution in [3.8, 4) is 5.75 Å². The Kier molecular flexibility index (Phi) is 4.89. The number of Topliss-reactive ketones (excluding diaryl/α,β-unsaturated/α-hetero) is 1. The lowest BCUT2D eigenvalue weighted by molar-refractivity contribution is -0.170. The number of aromatic nitrogens is 2. The van der Waals surface area contributed by atoms with E-state index in [1.165, 1.54) is 13.3 Å². The van der Waals surface area contributed by atoms with Crippen LogP contribution in [0.5, 0.6) is 5.75 Å². The molecule has 0 aliphatic carbocycles. The SMILES string of the molecule is COc1ccc(C2CCOCC2)c2ncc(CC(=O)C(F)(F)F)nc12. The van der Waals surface area contributed by atoms with E-state index in [9.17, 15) is 18.0 Å². The van der Waals surface area contributed by atoms with Gasteiger partial charge in [-0.25, -0.2) is 4.98 Å². The molecule has 0 amide bonds. The average molecular weight is 354 g/mol. The van der Waals surface area contributed by atoms with Crippen LogP contribution in [0.3, 0.4) is 0 Å². The minimum atomic E-state index is -4.88. The number of methoxy groups -OCH3 is 1. The first-order chi connectivity index (χ1) is 11.9. The van der Waals surface area contributed by atoms with Gasteiger partial charge in [0.1, 0.15) is 11.3 Å². The van der Waals surface area contributed by atoms with E-state index in [4.69, 9.17) is 9.47 Å². The maximum atomic E-state index is 12.5. The monoisotopic (exact) mass is 354 g/mol. The van der Waals surface area contributed by atoms with Crippen LogP contribution in [0.15, 0.2) is 18.3 Å². The van der Waals surface area contributed by atoms with Crippen LogP contribution in [0, 0.1) is 0 Å². The summed E-state index contributed by atoms with van der Waals surface area (Å²) in [5.41, 5.74) is 1.91. The van der Waals surface area contributed by atoms with Crippen molar-refractivity contribution in [2.24, 2.45) is 0 Å². The normalized spacial score (nSPS) is 16.2. The van der Waals surface area contributed by atoms with Gasteiger partial charge in [-0.1, -0.05) is 6.07 Å². The summed E-state index contributed by atoms with van der Waals surface area (Å²) in [7, 11) is 1.46. The Morgan fingerprint density at radius 1 is 1.28 bits per heavy atom. The molecule has 8 heteroatoms. The van der Waals surface area contributed by atoms with Crippen LogP contribution in [-0.4, -0.2) is 42.3 Å². The molecule has 2 aromatic rings. The van der Waals surface area contributed by atoms with Crippen molar-refractivity contribution in [2.45, 2.75) is 31.4 Å². The van der Waals surface area contributed by atoms with Crippen LogP contribution in [-0.2, 0) is 16.0 Å². The molecule has 1 saturated heterocycles. The van der Waals surface area contributed by atoms with Crippen molar-refractivity contribution < 1.29 is 27.4 Å². The highest BCUT2D eigenvalue weighted by molar-refractivity contribution is 5.87.